The molecule has 1 spiro atoms. The second kappa shape index (κ2) is 15.1. The third-order valence-corrected chi connectivity index (χ3v) is 10.1. The van der Waals surface area contributed by atoms with Crippen molar-refractivity contribution in [3.8, 4) is 0 Å². The van der Waals surface area contributed by atoms with Gasteiger partial charge in [0, 0.05) is 59.0 Å². The number of unbranched alkanes of at least 4 members (excludes halogenated alkanes) is 3. The minimum absolute atomic E-state index is 0.0604. The summed E-state index contributed by atoms with van der Waals surface area (Å²) in [7, 11) is 0. The van der Waals surface area contributed by atoms with E-state index in [0.29, 0.717) is 71.6 Å². The number of likely N-dealkylation sites (tertiary alicyclic amines) is 1. The van der Waals surface area contributed by atoms with E-state index in [0.717, 1.165) is 45.3 Å². The number of hydrogen-bond acceptors (Lipinski definition) is 7. The lowest BCUT2D eigenvalue weighted by Crippen LogP contribution is -2.57. The number of morpholine rings is 1. The SMILES string of the molecule is C=CCN(CCN1CCOCC1)C(=O)C1N(CCCCCCO)C(=O)[C@@H]2[C@@H](C(=O)N(CC=C)CCC)[C@@]3(CC)CCC12O3. The number of carbonyl (C=O) groups is 3. The first kappa shape index (κ1) is 33.6. The summed E-state index contributed by atoms with van der Waals surface area (Å²) in [4.78, 5) is 51.1. The molecule has 10 heteroatoms. The highest BCUT2D eigenvalue weighted by atomic mass is 16.5. The molecule has 3 amide bonds. The standard InChI is InChI=1S/C33H54N4O6/c1-5-15-35(16-6-2)29(39)26-27-30(40)37(18-11-9-10-12-23-38)28(33(27)14-13-32(26,8-4)43-33)31(41)36(17-7-3)20-19-34-21-24-42-25-22-34/h5,7,26-28,38H,1,3,6,8-25H2,2,4H3/t26-,27-,28?,32+,33?/m0/s1. The van der Waals surface area contributed by atoms with Gasteiger partial charge in [0.15, 0.2) is 0 Å². The molecule has 0 aromatic heterocycles. The highest BCUT2D eigenvalue weighted by molar-refractivity contribution is 5.99. The average molecular weight is 603 g/mol. The first-order valence-corrected chi connectivity index (χ1v) is 16.5. The quantitative estimate of drug-likeness (QED) is 0.190. The van der Waals surface area contributed by atoms with Crippen molar-refractivity contribution in [3.63, 3.8) is 0 Å². The summed E-state index contributed by atoms with van der Waals surface area (Å²) in [5.74, 6) is -1.61. The Morgan fingerprint density at radius 3 is 2.28 bits per heavy atom. The Morgan fingerprint density at radius 1 is 0.977 bits per heavy atom. The van der Waals surface area contributed by atoms with Crippen LogP contribution in [0.15, 0.2) is 25.3 Å². The maximum Gasteiger partial charge on any atom is 0.248 e. The number of hydrogen-bond donors (Lipinski definition) is 1. The molecule has 4 rings (SSSR count). The summed E-state index contributed by atoms with van der Waals surface area (Å²) in [6, 6.07) is -0.780. The molecule has 0 aliphatic carbocycles. The fraction of sp³-hybridized carbons (Fsp3) is 0.788. The third kappa shape index (κ3) is 6.58. The van der Waals surface area contributed by atoms with E-state index in [9.17, 15) is 19.5 Å². The Bertz CT molecular complexity index is 1000. The zero-order chi connectivity index (χ0) is 31.0. The summed E-state index contributed by atoms with van der Waals surface area (Å²) in [6.45, 7) is 18.1. The van der Waals surface area contributed by atoms with E-state index in [2.05, 4.69) is 18.1 Å². The molecular weight excluding hydrogens is 548 g/mol. The van der Waals surface area contributed by atoms with Gasteiger partial charge in [-0.3, -0.25) is 19.3 Å². The van der Waals surface area contributed by atoms with Crippen LogP contribution in [0.5, 0.6) is 0 Å². The van der Waals surface area contributed by atoms with E-state index in [4.69, 9.17) is 9.47 Å². The number of aliphatic hydroxyl groups excluding tert-OH is 1. The fourth-order valence-corrected chi connectivity index (χ4v) is 7.98. The van der Waals surface area contributed by atoms with Gasteiger partial charge in [-0.25, -0.2) is 0 Å². The molecule has 242 valence electrons. The minimum Gasteiger partial charge on any atom is -0.396 e. The molecule has 1 N–H and O–H groups in total. The number of amides is 3. The zero-order valence-corrected chi connectivity index (χ0v) is 26.5. The normalized spacial score (nSPS) is 30.0. The minimum atomic E-state index is -1.03. The monoisotopic (exact) mass is 602 g/mol. The molecule has 0 aromatic rings. The van der Waals surface area contributed by atoms with Gasteiger partial charge in [-0.05, 0) is 38.5 Å². The summed E-state index contributed by atoms with van der Waals surface area (Å²) < 4.78 is 12.5. The number of ether oxygens (including phenoxy) is 2. The van der Waals surface area contributed by atoms with Crippen molar-refractivity contribution in [2.75, 3.05) is 72.2 Å². The fourth-order valence-electron chi connectivity index (χ4n) is 7.98. The van der Waals surface area contributed by atoms with E-state index in [1.54, 1.807) is 22.0 Å². The molecule has 4 heterocycles. The lowest BCUT2D eigenvalue weighted by molar-refractivity contribution is -0.155. The van der Waals surface area contributed by atoms with Crippen LogP contribution < -0.4 is 0 Å². The molecule has 2 unspecified atom stereocenters. The van der Waals surface area contributed by atoms with Gasteiger partial charge in [-0.2, -0.15) is 0 Å². The van der Waals surface area contributed by atoms with Crippen LogP contribution in [0.2, 0.25) is 0 Å². The second-order valence-corrected chi connectivity index (χ2v) is 12.6. The van der Waals surface area contributed by atoms with E-state index >= 15 is 0 Å². The number of rotatable bonds is 18. The Balaban J connectivity index is 1.67. The van der Waals surface area contributed by atoms with E-state index in [-0.39, 0.29) is 24.3 Å². The number of nitrogens with zero attached hydrogens (tertiary/aromatic N) is 4. The van der Waals surface area contributed by atoms with Gasteiger partial charge in [-0.15, -0.1) is 13.2 Å². The molecular formula is C33H54N4O6. The predicted octanol–water partition coefficient (Wildman–Crippen LogP) is 2.47. The third-order valence-electron chi connectivity index (χ3n) is 10.1. The molecule has 5 atom stereocenters. The molecule has 4 fully saturated rings. The van der Waals surface area contributed by atoms with Gasteiger partial charge in [0.25, 0.3) is 0 Å². The van der Waals surface area contributed by atoms with Crippen LogP contribution in [0.3, 0.4) is 0 Å². The lowest BCUT2D eigenvalue weighted by Gasteiger charge is -2.37. The maximum atomic E-state index is 14.7. The van der Waals surface area contributed by atoms with Crippen LogP contribution in [0.4, 0.5) is 0 Å². The number of fused-ring (bicyclic) bond motifs is 1. The van der Waals surface area contributed by atoms with Crippen molar-refractivity contribution in [2.24, 2.45) is 11.8 Å². The highest BCUT2D eigenvalue weighted by Crippen LogP contribution is 2.64. The van der Waals surface area contributed by atoms with Crippen molar-refractivity contribution in [3.05, 3.63) is 25.3 Å². The Labute approximate surface area is 258 Å². The number of carbonyl (C=O) groups excluding carboxylic acids is 3. The molecule has 2 bridgehead atoms. The summed E-state index contributed by atoms with van der Waals surface area (Å²) >= 11 is 0. The average Bonchev–Trinajstić information content (AvgIpc) is 3.62. The lowest BCUT2D eigenvalue weighted by atomic mass is 9.64. The molecule has 4 aliphatic heterocycles. The maximum absolute atomic E-state index is 14.7. The molecule has 0 saturated carbocycles. The van der Waals surface area contributed by atoms with Gasteiger partial charge >= 0.3 is 0 Å². The summed E-state index contributed by atoms with van der Waals surface area (Å²) in [5, 5.41) is 9.23. The highest BCUT2D eigenvalue weighted by Gasteiger charge is 2.79. The van der Waals surface area contributed by atoms with Gasteiger partial charge in [-0.1, -0.05) is 38.8 Å². The number of aliphatic hydroxyl groups is 1. The van der Waals surface area contributed by atoms with Crippen molar-refractivity contribution < 1.29 is 29.0 Å². The van der Waals surface area contributed by atoms with Gasteiger partial charge in [0.1, 0.15) is 11.6 Å². The molecule has 10 nitrogen and oxygen atoms in total. The first-order valence-electron chi connectivity index (χ1n) is 16.5. The first-order chi connectivity index (χ1) is 20.8. The van der Waals surface area contributed by atoms with Crippen LogP contribution >= 0.6 is 0 Å². The van der Waals surface area contributed by atoms with Crippen molar-refractivity contribution >= 4 is 17.7 Å². The van der Waals surface area contributed by atoms with Crippen LogP contribution in [0.1, 0.15) is 65.2 Å². The zero-order valence-electron chi connectivity index (χ0n) is 26.5. The largest absolute Gasteiger partial charge is 0.396 e. The Morgan fingerprint density at radius 2 is 1.65 bits per heavy atom. The summed E-state index contributed by atoms with van der Waals surface area (Å²) in [6.07, 6.45) is 9.28. The van der Waals surface area contributed by atoms with Crippen molar-refractivity contribution in [1.82, 2.24) is 19.6 Å². The molecule has 43 heavy (non-hydrogen) atoms. The molecule has 4 saturated heterocycles. The van der Waals surface area contributed by atoms with Crippen LogP contribution in [0.25, 0.3) is 0 Å². The van der Waals surface area contributed by atoms with Crippen LogP contribution in [-0.2, 0) is 23.9 Å². The Kier molecular flexibility index (Phi) is 11.8. The molecule has 4 aliphatic rings. The van der Waals surface area contributed by atoms with E-state index in [1.807, 2.05) is 18.7 Å². The predicted molar refractivity (Wildman–Crippen MR) is 165 cm³/mol. The van der Waals surface area contributed by atoms with Gasteiger partial charge in [0.2, 0.25) is 17.7 Å². The van der Waals surface area contributed by atoms with E-state index in [1.165, 1.54) is 0 Å². The topological polar surface area (TPSA) is 103 Å². The van der Waals surface area contributed by atoms with Gasteiger partial charge in [0.05, 0.1) is 30.7 Å². The van der Waals surface area contributed by atoms with Crippen LogP contribution in [0, 0.1) is 11.8 Å². The van der Waals surface area contributed by atoms with E-state index < -0.39 is 29.1 Å². The van der Waals surface area contributed by atoms with Crippen molar-refractivity contribution in [2.45, 2.75) is 82.5 Å². The van der Waals surface area contributed by atoms with Crippen LogP contribution in [-0.4, -0.2) is 132 Å². The van der Waals surface area contributed by atoms with Gasteiger partial charge < -0.3 is 29.3 Å². The molecule has 0 aromatic carbocycles. The second-order valence-electron chi connectivity index (χ2n) is 12.6. The van der Waals surface area contributed by atoms with Crippen molar-refractivity contribution in [1.29, 1.82) is 0 Å². The molecule has 0 radical (unpaired) electrons. The summed E-state index contributed by atoms with van der Waals surface area (Å²) in [5.41, 5.74) is -1.78. The smallest absolute Gasteiger partial charge is 0.248 e. The Hall–Kier alpha value is -2.27.